The van der Waals surface area contributed by atoms with Gasteiger partial charge in [-0.2, -0.15) is 0 Å². The van der Waals surface area contributed by atoms with Crippen molar-refractivity contribution in [1.82, 2.24) is 24.9 Å². The van der Waals surface area contributed by atoms with Crippen LogP contribution in [0.2, 0.25) is 0 Å². The summed E-state index contributed by atoms with van der Waals surface area (Å²) in [5.74, 6) is 0. The summed E-state index contributed by atoms with van der Waals surface area (Å²) < 4.78 is 1.70. The van der Waals surface area contributed by atoms with E-state index < -0.39 is 5.60 Å². The topological polar surface area (TPSA) is 70.0 Å². The molecular weight excluding hydrogens is 278 g/mol. The molecule has 0 saturated carbocycles. The van der Waals surface area contributed by atoms with E-state index in [0.29, 0.717) is 13.1 Å². The van der Waals surface area contributed by atoms with Gasteiger partial charge in [-0.15, -0.1) is 5.10 Å². The number of benzene rings is 1. The van der Waals surface area contributed by atoms with Gasteiger partial charge in [0.2, 0.25) is 0 Å². The number of H-pyrrole nitrogens is 1. The van der Waals surface area contributed by atoms with E-state index >= 15 is 0 Å². The van der Waals surface area contributed by atoms with Gasteiger partial charge in [-0.3, -0.25) is 4.90 Å². The first-order chi connectivity index (χ1) is 10.7. The van der Waals surface area contributed by atoms with Gasteiger partial charge in [0.25, 0.3) is 0 Å². The van der Waals surface area contributed by atoms with Crippen LogP contribution in [0.3, 0.4) is 0 Å². The Morgan fingerprint density at radius 3 is 3.14 bits per heavy atom. The number of aromatic amines is 1. The summed E-state index contributed by atoms with van der Waals surface area (Å²) in [5, 5.41) is 19.8. The predicted molar refractivity (Wildman–Crippen MR) is 83.2 cm³/mol. The molecular formula is C16H19N5O. The van der Waals surface area contributed by atoms with Gasteiger partial charge < -0.3 is 10.1 Å². The number of aromatic nitrogens is 4. The average Bonchev–Trinajstić information content (AvgIpc) is 3.21. The van der Waals surface area contributed by atoms with Crippen LogP contribution in [0.4, 0.5) is 0 Å². The van der Waals surface area contributed by atoms with Crippen LogP contribution in [-0.2, 0) is 13.1 Å². The highest BCUT2D eigenvalue weighted by Crippen LogP contribution is 2.26. The molecule has 1 aliphatic heterocycles. The van der Waals surface area contributed by atoms with Gasteiger partial charge in [-0.05, 0) is 24.1 Å². The summed E-state index contributed by atoms with van der Waals surface area (Å²) in [6, 6.07) is 8.43. The lowest BCUT2D eigenvalue weighted by Gasteiger charge is -2.23. The van der Waals surface area contributed by atoms with E-state index in [2.05, 4.69) is 44.5 Å². The van der Waals surface area contributed by atoms with Gasteiger partial charge >= 0.3 is 0 Å². The average molecular weight is 297 g/mol. The summed E-state index contributed by atoms with van der Waals surface area (Å²) in [6.45, 7) is 2.91. The lowest BCUT2D eigenvalue weighted by molar-refractivity contribution is 0.0275. The molecule has 0 spiro atoms. The molecule has 2 N–H and O–H groups in total. The molecule has 6 heteroatoms. The Morgan fingerprint density at radius 2 is 2.27 bits per heavy atom. The number of nitrogens with one attached hydrogen (secondary N) is 1. The first-order valence-corrected chi connectivity index (χ1v) is 7.56. The Bertz CT molecular complexity index is 766. The minimum atomic E-state index is -0.722. The first-order valence-electron chi connectivity index (χ1n) is 7.56. The van der Waals surface area contributed by atoms with Crippen molar-refractivity contribution < 1.29 is 5.11 Å². The molecule has 1 unspecified atom stereocenters. The molecule has 1 aromatic carbocycles. The van der Waals surface area contributed by atoms with Crippen LogP contribution >= 0.6 is 0 Å². The summed E-state index contributed by atoms with van der Waals surface area (Å²) in [4.78, 5) is 5.55. The Labute approximate surface area is 128 Å². The minimum absolute atomic E-state index is 0.498. The molecule has 1 atom stereocenters. The fraction of sp³-hybridized carbons (Fsp3) is 0.375. The molecule has 0 bridgehead atoms. The summed E-state index contributed by atoms with van der Waals surface area (Å²) in [5.41, 5.74) is 1.73. The van der Waals surface area contributed by atoms with Gasteiger partial charge in [-0.1, -0.05) is 17.3 Å². The van der Waals surface area contributed by atoms with Crippen LogP contribution in [0, 0.1) is 0 Å². The fourth-order valence-electron chi connectivity index (χ4n) is 3.35. The zero-order chi connectivity index (χ0) is 15.0. The Balaban J connectivity index is 1.48. The number of nitrogens with zero attached hydrogens (tertiary/aromatic N) is 4. The molecule has 1 fully saturated rings. The summed E-state index contributed by atoms with van der Waals surface area (Å²) >= 11 is 0. The number of β-amino-alcohol motifs (C(OH)–C–C–N with tert-alkyl or cyclic N) is 1. The molecule has 114 valence electrons. The molecule has 0 radical (unpaired) electrons. The van der Waals surface area contributed by atoms with Crippen molar-refractivity contribution >= 4 is 10.9 Å². The molecule has 1 saturated heterocycles. The van der Waals surface area contributed by atoms with E-state index in [9.17, 15) is 5.11 Å². The number of aliphatic hydroxyl groups is 1. The monoisotopic (exact) mass is 297 g/mol. The lowest BCUT2D eigenvalue weighted by Crippen LogP contribution is -2.37. The van der Waals surface area contributed by atoms with E-state index in [1.165, 1.54) is 10.9 Å². The number of hydrogen-bond donors (Lipinski definition) is 2. The normalized spacial score (nSPS) is 22.6. The highest BCUT2D eigenvalue weighted by atomic mass is 16.3. The predicted octanol–water partition coefficient (Wildman–Crippen LogP) is 1.40. The van der Waals surface area contributed by atoms with Crippen molar-refractivity contribution in [2.45, 2.75) is 25.1 Å². The zero-order valence-electron chi connectivity index (χ0n) is 12.3. The fourth-order valence-corrected chi connectivity index (χ4v) is 3.35. The van der Waals surface area contributed by atoms with Crippen LogP contribution in [0.1, 0.15) is 12.0 Å². The van der Waals surface area contributed by atoms with Crippen molar-refractivity contribution in [2.24, 2.45) is 0 Å². The molecule has 4 rings (SSSR count). The third kappa shape index (κ3) is 2.51. The summed E-state index contributed by atoms with van der Waals surface area (Å²) in [7, 11) is 0. The minimum Gasteiger partial charge on any atom is -0.387 e. The van der Waals surface area contributed by atoms with Crippen LogP contribution in [0.15, 0.2) is 42.9 Å². The highest BCUT2D eigenvalue weighted by molar-refractivity contribution is 5.82. The van der Waals surface area contributed by atoms with Gasteiger partial charge in [0.1, 0.15) is 0 Å². The third-order valence-corrected chi connectivity index (χ3v) is 4.42. The smallest absolute Gasteiger partial charge is 0.0981 e. The highest BCUT2D eigenvalue weighted by Gasteiger charge is 2.36. The maximum atomic E-state index is 10.7. The van der Waals surface area contributed by atoms with Crippen molar-refractivity contribution in [3.05, 3.63) is 48.4 Å². The molecule has 3 aromatic rings. The molecule has 22 heavy (non-hydrogen) atoms. The van der Waals surface area contributed by atoms with Crippen LogP contribution in [-0.4, -0.2) is 48.7 Å². The Kier molecular flexibility index (Phi) is 3.20. The lowest BCUT2D eigenvalue weighted by atomic mass is 10.0. The van der Waals surface area contributed by atoms with Gasteiger partial charge in [0.05, 0.1) is 18.3 Å². The number of likely N-dealkylation sites (tertiary alicyclic amines) is 1. The number of rotatable bonds is 4. The molecule has 6 nitrogen and oxygen atoms in total. The van der Waals surface area contributed by atoms with E-state index in [1.54, 1.807) is 17.1 Å². The second-order valence-electron chi connectivity index (χ2n) is 6.14. The van der Waals surface area contributed by atoms with E-state index in [1.807, 2.05) is 6.20 Å². The second kappa shape index (κ2) is 5.23. The maximum Gasteiger partial charge on any atom is 0.0981 e. The van der Waals surface area contributed by atoms with Crippen molar-refractivity contribution in [1.29, 1.82) is 0 Å². The number of hydrogen-bond acceptors (Lipinski definition) is 4. The maximum absolute atomic E-state index is 10.7. The SMILES string of the molecule is OC1(Cn2ccnn2)CCN(Cc2cccc3[nH]ccc23)C1. The molecule has 2 aromatic heterocycles. The third-order valence-electron chi connectivity index (χ3n) is 4.42. The second-order valence-corrected chi connectivity index (χ2v) is 6.14. The van der Waals surface area contributed by atoms with Crippen LogP contribution < -0.4 is 0 Å². The number of fused-ring (bicyclic) bond motifs is 1. The summed E-state index contributed by atoms with van der Waals surface area (Å²) in [6.07, 6.45) is 6.17. The van der Waals surface area contributed by atoms with E-state index in [4.69, 9.17) is 0 Å². The van der Waals surface area contributed by atoms with Gasteiger partial charge in [0, 0.05) is 42.9 Å². The first kappa shape index (κ1) is 13.5. The van der Waals surface area contributed by atoms with Crippen LogP contribution in [0.25, 0.3) is 10.9 Å². The zero-order valence-corrected chi connectivity index (χ0v) is 12.3. The standard InChI is InChI=1S/C16H19N5O/c22-16(12-21-9-7-18-19-21)5-8-20(11-16)10-13-2-1-3-15-14(13)4-6-17-15/h1-4,6-7,9,17,22H,5,8,10-12H2. The molecule has 0 aliphatic carbocycles. The van der Waals surface area contributed by atoms with Crippen molar-refractivity contribution in [3.63, 3.8) is 0 Å². The molecule has 0 amide bonds. The largest absolute Gasteiger partial charge is 0.387 e. The van der Waals surface area contributed by atoms with Gasteiger partial charge in [-0.25, -0.2) is 4.68 Å². The van der Waals surface area contributed by atoms with Crippen molar-refractivity contribution in [3.8, 4) is 0 Å². The Hall–Kier alpha value is -2.18. The quantitative estimate of drug-likeness (QED) is 0.763. The van der Waals surface area contributed by atoms with Crippen LogP contribution in [0.5, 0.6) is 0 Å². The van der Waals surface area contributed by atoms with Gasteiger partial charge in [0.15, 0.2) is 0 Å². The van der Waals surface area contributed by atoms with E-state index in [0.717, 1.165) is 25.0 Å². The van der Waals surface area contributed by atoms with E-state index in [-0.39, 0.29) is 0 Å². The molecule has 1 aliphatic rings. The molecule has 3 heterocycles. The van der Waals surface area contributed by atoms with Crippen molar-refractivity contribution in [2.75, 3.05) is 13.1 Å². The Morgan fingerprint density at radius 1 is 1.32 bits per heavy atom.